The van der Waals surface area contributed by atoms with E-state index in [0.29, 0.717) is 10.1 Å². The lowest BCUT2D eigenvalue weighted by Crippen LogP contribution is -2.16. The fourth-order valence-electron chi connectivity index (χ4n) is 1.95. The summed E-state index contributed by atoms with van der Waals surface area (Å²) < 4.78 is 79.0. The molecule has 126 valence electrons. The summed E-state index contributed by atoms with van der Waals surface area (Å²) in [4.78, 5) is 0. The number of hydrogen-bond acceptors (Lipinski definition) is 4. The number of ether oxygens (including phenoxy) is 1. The number of halogens is 6. The van der Waals surface area contributed by atoms with Crippen molar-refractivity contribution in [3.8, 4) is 17.0 Å². The number of fused-ring (bicyclic) bond motifs is 1. The summed E-state index contributed by atoms with van der Waals surface area (Å²) in [7, 11) is 0. The maximum atomic E-state index is 12.8. The topological polar surface area (TPSA) is 52.3 Å². The first-order chi connectivity index (χ1) is 11.1. The van der Waals surface area contributed by atoms with E-state index >= 15 is 0 Å². The highest BCUT2D eigenvalue weighted by molar-refractivity contribution is 5.61. The Bertz CT molecular complexity index is 869. The molecule has 5 nitrogen and oxygen atoms in total. The van der Waals surface area contributed by atoms with Crippen LogP contribution >= 0.6 is 0 Å². The molecular weight excluding hydrogens is 342 g/mol. The van der Waals surface area contributed by atoms with Gasteiger partial charge in [0, 0.05) is 5.56 Å². The lowest BCUT2D eigenvalue weighted by molar-refractivity contribution is -0.274. The van der Waals surface area contributed by atoms with Gasteiger partial charge in [-0.25, -0.2) is 0 Å². The lowest BCUT2D eigenvalue weighted by atomic mass is 10.1. The predicted molar refractivity (Wildman–Crippen MR) is 67.9 cm³/mol. The zero-order valence-corrected chi connectivity index (χ0v) is 11.4. The molecule has 0 aliphatic rings. The molecule has 0 atom stereocenters. The normalized spacial score (nSPS) is 12.6. The molecule has 0 bridgehead atoms. The average Bonchev–Trinajstić information content (AvgIpc) is 2.89. The highest BCUT2D eigenvalue weighted by Gasteiger charge is 2.37. The summed E-state index contributed by atoms with van der Waals surface area (Å²) in [5.41, 5.74) is 0.294. The number of nitrogens with zero attached hydrogens (tertiary/aromatic N) is 4. The molecule has 0 aliphatic heterocycles. The van der Waals surface area contributed by atoms with Gasteiger partial charge in [-0.15, -0.1) is 23.4 Å². The third-order valence-corrected chi connectivity index (χ3v) is 2.90. The maximum Gasteiger partial charge on any atom is 0.573 e. The molecule has 0 N–H and O–H groups in total. The van der Waals surface area contributed by atoms with Gasteiger partial charge < -0.3 is 4.74 Å². The Morgan fingerprint density at radius 1 is 0.833 bits per heavy atom. The largest absolute Gasteiger partial charge is 0.573 e. The second kappa shape index (κ2) is 5.35. The Kier molecular flexibility index (Phi) is 3.57. The van der Waals surface area contributed by atoms with Gasteiger partial charge in [0.1, 0.15) is 5.75 Å². The maximum absolute atomic E-state index is 12.8. The van der Waals surface area contributed by atoms with Gasteiger partial charge in [0.05, 0.1) is 5.69 Å². The zero-order chi connectivity index (χ0) is 17.5. The molecular formula is C13H6F6N4O. The van der Waals surface area contributed by atoms with Crippen molar-refractivity contribution >= 4 is 5.65 Å². The van der Waals surface area contributed by atoms with Crippen molar-refractivity contribution in [1.82, 2.24) is 19.8 Å². The molecule has 3 rings (SSSR count). The number of rotatable bonds is 2. The fraction of sp³-hybridized carbons (Fsp3) is 0.154. The van der Waals surface area contributed by atoms with E-state index in [2.05, 4.69) is 20.0 Å². The molecule has 0 unspecified atom stereocenters. The Hall–Kier alpha value is -2.85. The van der Waals surface area contributed by atoms with E-state index in [0.717, 1.165) is 12.1 Å². The molecule has 0 aliphatic carbocycles. The Balaban J connectivity index is 1.97. The van der Waals surface area contributed by atoms with E-state index in [-0.39, 0.29) is 11.3 Å². The van der Waals surface area contributed by atoms with E-state index in [1.807, 2.05) is 0 Å². The van der Waals surface area contributed by atoms with Crippen LogP contribution in [0.4, 0.5) is 26.3 Å². The van der Waals surface area contributed by atoms with Crippen LogP contribution in [0.25, 0.3) is 16.9 Å². The molecule has 0 saturated heterocycles. The molecule has 2 heterocycles. The molecule has 0 spiro atoms. The lowest BCUT2D eigenvalue weighted by Gasteiger charge is -2.09. The van der Waals surface area contributed by atoms with Crippen LogP contribution in [0.2, 0.25) is 0 Å². The molecule has 0 saturated carbocycles. The van der Waals surface area contributed by atoms with Crippen molar-refractivity contribution in [2.75, 3.05) is 0 Å². The van der Waals surface area contributed by atoms with Crippen molar-refractivity contribution < 1.29 is 31.1 Å². The Labute approximate surface area is 129 Å². The average molecular weight is 348 g/mol. The minimum absolute atomic E-state index is 0.103. The number of benzene rings is 1. The van der Waals surface area contributed by atoms with Gasteiger partial charge in [-0.3, -0.25) is 0 Å². The standard InChI is InChI=1S/C13H6F6N4O/c14-12(15,16)11-21-20-10-6-5-9(22-23(10)11)7-1-3-8(4-2-7)24-13(17,18)19/h1-6H. The van der Waals surface area contributed by atoms with Gasteiger partial charge >= 0.3 is 12.5 Å². The Morgan fingerprint density at radius 3 is 2.08 bits per heavy atom. The minimum atomic E-state index is -4.83. The number of hydrogen-bond donors (Lipinski definition) is 0. The first-order valence-electron chi connectivity index (χ1n) is 6.29. The summed E-state index contributed by atoms with van der Waals surface area (Å²) in [5, 5.41) is 10.2. The monoisotopic (exact) mass is 348 g/mol. The summed E-state index contributed by atoms with van der Waals surface area (Å²) in [5.74, 6) is -1.75. The molecule has 0 fully saturated rings. The third-order valence-electron chi connectivity index (χ3n) is 2.90. The minimum Gasteiger partial charge on any atom is -0.406 e. The van der Waals surface area contributed by atoms with Crippen molar-refractivity contribution in [2.45, 2.75) is 12.5 Å². The van der Waals surface area contributed by atoms with Crippen molar-refractivity contribution in [2.24, 2.45) is 0 Å². The highest BCUT2D eigenvalue weighted by atomic mass is 19.4. The van der Waals surface area contributed by atoms with Gasteiger partial charge in [0.2, 0.25) is 0 Å². The molecule has 11 heteroatoms. The van der Waals surface area contributed by atoms with Crippen LogP contribution in [0.15, 0.2) is 36.4 Å². The molecule has 0 radical (unpaired) electrons. The van der Waals surface area contributed by atoms with Crippen molar-refractivity contribution in [3.05, 3.63) is 42.2 Å². The van der Waals surface area contributed by atoms with Crippen LogP contribution in [-0.4, -0.2) is 26.2 Å². The van der Waals surface area contributed by atoms with Crippen LogP contribution in [0.1, 0.15) is 5.82 Å². The quantitative estimate of drug-likeness (QED) is 0.663. The number of alkyl halides is 6. The highest BCUT2D eigenvalue weighted by Crippen LogP contribution is 2.29. The van der Waals surface area contributed by atoms with Gasteiger partial charge in [-0.1, -0.05) is 0 Å². The van der Waals surface area contributed by atoms with Gasteiger partial charge in [0.25, 0.3) is 5.82 Å². The van der Waals surface area contributed by atoms with E-state index in [1.165, 1.54) is 24.3 Å². The van der Waals surface area contributed by atoms with Crippen LogP contribution < -0.4 is 4.74 Å². The van der Waals surface area contributed by atoms with Crippen LogP contribution in [-0.2, 0) is 6.18 Å². The summed E-state index contributed by atoms with van der Waals surface area (Å²) in [6, 6.07) is 7.20. The second-order valence-corrected chi connectivity index (χ2v) is 4.58. The smallest absolute Gasteiger partial charge is 0.406 e. The predicted octanol–water partition coefficient (Wildman–Crippen LogP) is 3.71. The SMILES string of the molecule is FC(F)(F)Oc1ccc(-c2ccc3nnc(C(F)(F)F)n3n2)cc1. The van der Waals surface area contributed by atoms with E-state index < -0.39 is 24.1 Å². The third kappa shape index (κ3) is 3.24. The van der Waals surface area contributed by atoms with Gasteiger partial charge in [-0.2, -0.15) is 22.8 Å². The Morgan fingerprint density at radius 2 is 1.50 bits per heavy atom. The van der Waals surface area contributed by atoms with Crippen molar-refractivity contribution in [3.63, 3.8) is 0 Å². The van der Waals surface area contributed by atoms with Gasteiger partial charge in [-0.05, 0) is 36.4 Å². The molecule has 0 amide bonds. The number of aromatic nitrogens is 4. The summed E-state index contributed by atoms with van der Waals surface area (Å²) >= 11 is 0. The molecule has 1 aromatic carbocycles. The van der Waals surface area contributed by atoms with Crippen LogP contribution in [0, 0.1) is 0 Å². The van der Waals surface area contributed by atoms with E-state index in [9.17, 15) is 26.3 Å². The van der Waals surface area contributed by atoms with E-state index in [1.54, 1.807) is 0 Å². The summed E-state index contributed by atoms with van der Waals surface area (Å²) in [6.45, 7) is 0. The zero-order valence-electron chi connectivity index (χ0n) is 11.4. The summed E-state index contributed by atoms with van der Waals surface area (Å²) in [6.07, 6.45) is -9.57. The van der Waals surface area contributed by atoms with Crippen LogP contribution in [0.3, 0.4) is 0 Å². The fourth-order valence-corrected chi connectivity index (χ4v) is 1.95. The van der Waals surface area contributed by atoms with Gasteiger partial charge in [0.15, 0.2) is 5.65 Å². The van der Waals surface area contributed by atoms with E-state index in [4.69, 9.17) is 0 Å². The molecule has 3 aromatic rings. The first kappa shape index (κ1) is 16.0. The molecule has 24 heavy (non-hydrogen) atoms. The molecule has 2 aromatic heterocycles. The van der Waals surface area contributed by atoms with Crippen molar-refractivity contribution in [1.29, 1.82) is 0 Å². The first-order valence-corrected chi connectivity index (χ1v) is 6.29. The second-order valence-electron chi connectivity index (χ2n) is 4.58. The van der Waals surface area contributed by atoms with Crippen LogP contribution in [0.5, 0.6) is 5.75 Å².